The van der Waals surface area contributed by atoms with Gasteiger partial charge in [0.2, 0.25) is 0 Å². The second-order valence-corrected chi connectivity index (χ2v) is 7.57. The number of anilines is 1. The Morgan fingerprint density at radius 3 is 2.53 bits per heavy atom. The molecule has 1 fully saturated rings. The zero-order valence-corrected chi connectivity index (χ0v) is 16.4. The van der Waals surface area contributed by atoms with Crippen LogP contribution in [0.25, 0.3) is 5.65 Å². The van der Waals surface area contributed by atoms with E-state index in [-0.39, 0.29) is 23.6 Å². The zero-order chi connectivity index (χ0) is 21.3. The molecule has 0 atom stereocenters. The molecule has 0 aliphatic heterocycles. The van der Waals surface area contributed by atoms with Gasteiger partial charge in [0.1, 0.15) is 11.5 Å². The highest BCUT2D eigenvalue weighted by molar-refractivity contribution is 5.95. The lowest BCUT2D eigenvalue weighted by molar-refractivity contribution is -0.140. The van der Waals surface area contributed by atoms with Crippen LogP contribution in [-0.2, 0) is 6.18 Å². The van der Waals surface area contributed by atoms with E-state index in [1.807, 2.05) is 0 Å². The van der Waals surface area contributed by atoms with E-state index < -0.39 is 11.9 Å². The number of carbonyl (C=O) groups excluding carboxylic acids is 1. The number of fused-ring (bicyclic) bond motifs is 1. The summed E-state index contributed by atoms with van der Waals surface area (Å²) in [6, 6.07) is 8.65. The molecule has 0 radical (unpaired) electrons. The lowest BCUT2D eigenvalue weighted by Gasteiger charge is -2.30. The Kier molecular flexibility index (Phi) is 5.36. The Morgan fingerprint density at radius 1 is 1.10 bits per heavy atom. The number of amides is 1. The zero-order valence-electron chi connectivity index (χ0n) is 16.4. The van der Waals surface area contributed by atoms with Gasteiger partial charge in [0, 0.05) is 30.2 Å². The number of nitrogens with one attached hydrogen (secondary N) is 2. The summed E-state index contributed by atoms with van der Waals surface area (Å²) < 4.78 is 40.4. The molecule has 1 aliphatic rings. The first-order chi connectivity index (χ1) is 14.3. The molecule has 2 N–H and O–H groups in total. The van der Waals surface area contributed by atoms with Gasteiger partial charge in [-0.2, -0.15) is 13.2 Å². The van der Waals surface area contributed by atoms with Crippen LogP contribution in [0.4, 0.5) is 19.0 Å². The van der Waals surface area contributed by atoms with Gasteiger partial charge in [0.15, 0.2) is 5.69 Å². The minimum atomic E-state index is -4.48. The van der Waals surface area contributed by atoms with E-state index in [0.717, 1.165) is 31.9 Å². The van der Waals surface area contributed by atoms with Gasteiger partial charge in [0.25, 0.3) is 5.91 Å². The van der Waals surface area contributed by atoms with Crippen molar-refractivity contribution < 1.29 is 18.0 Å². The fraction of sp³-hybridized carbons (Fsp3) is 0.381. The Bertz CT molecular complexity index is 1050. The number of hydrogen-bond donors (Lipinski definition) is 2. The Hall–Kier alpha value is -3.10. The summed E-state index contributed by atoms with van der Waals surface area (Å²) in [5, 5.41) is 6.40. The fourth-order valence-electron chi connectivity index (χ4n) is 3.84. The molecule has 3 aromatic rings. The molecule has 158 valence electrons. The monoisotopic (exact) mass is 417 g/mol. The number of hydrogen-bond acceptors (Lipinski definition) is 4. The summed E-state index contributed by atoms with van der Waals surface area (Å²) >= 11 is 0. The van der Waals surface area contributed by atoms with Crippen LogP contribution in [0.1, 0.15) is 47.4 Å². The largest absolute Gasteiger partial charge is 0.434 e. The standard InChI is InChI=1S/C21H22F3N5O/c1-13-16(4-3-11-25-13)20(30)27-15-9-7-14(8-10-15)26-18-5-2-6-19-28-17(12-29(18)19)21(22,23)24/h2-6,11-12,14-15,26H,7-10H2,1H3,(H,27,30). The first kappa shape index (κ1) is 20.2. The first-order valence-corrected chi connectivity index (χ1v) is 9.85. The summed E-state index contributed by atoms with van der Waals surface area (Å²) in [4.78, 5) is 20.3. The van der Waals surface area contributed by atoms with Crippen LogP contribution in [0.15, 0.2) is 42.7 Å². The summed E-state index contributed by atoms with van der Waals surface area (Å²) in [6.45, 7) is 1.80. The summed E-state index contributed by atoms with van der Waals surface area (Å²) in [6.07, 6.45) is 1.36. The van der Waals surface area contributed by atoms with E-state index in [0.29, 0.717) is 17.1 Å². The van der Waals surface area contributed by atoms with Crippen LogP contribution in [0.3, 0.4) is 0 Å². The number of imidazole rings is 1. The molecule has 3 heterocycles. The van der Waals surface area contributed by atoms with Crippen molar-refractivity contribution >= 4 is 17.4 Å². The third-order valence-corrected chi connectivity index (χ3v) is 5.45. The van der Waals surface area contributed by atoms with Crippen LogP contribution >= 0.6 is 0 Å². The Morgan fingerprint density at radius 2 is 1.83 bits per heavy atom. The van der Waals surface area contributed by atoms with Gasteiger partial charge in [-0.05, 0) is 56.9 Å². The number of halogens is 3. The smallest absolute Gasteiger partial charge is 0.368 e. The number of carbonyl (C=O) groups is 1. The number of alkyl halides is 3. The van der Waals surface area contributed by atoms with Gasteiger partial charge >= 0.3 is 6.18 Å². The van der Waals surface area contributed by atoms with Crippen LogP contribution < -0.4 is 10.6 Å². The molecule has 1 saturated carbocycles. The van der Waals surface area contributed by atoms with E-state index in [9.17, 15) is 18.0 Å². The molecule has 0 aromatic carbocycles. The normalized spacial score (nSPS) is 19.6. The molecule has 30 heavy (non-hydrogen) atoms. The second-order valence-electron chi connectivity index (χ2n) is 7.57. The quantitative estimate of drug-likeness (QED) is 0.667. The van der Waals surface area contributed by atoms with Gasteiger partial charge in [-0.1, -0.05) is 6.07 Å². The van der Waals surface area contributed by atoms with Gasteiger partial charge in [-0.25, -0.2) is 4.98 Å². The molecule has 6 nitrogen and oxygen atoms in total. The lowest BCUT2D eigenvalue weighted by Crippen LogP contribution is -2.40. The Labute approximate surface area is 171 Å². The van der Waals surface area contributed by atoms with Crippen molar-refractivity contribution in [2.75, 3.05) is 5.32 Å². The molecule has 0 unspecified atom stereocenters. The summed E-state index contributed by atoms with van der Waals surface area (Å²) in [5.74, 6) is 0.453. The SMILES string of the molecule is Cc1ncccc1C(=O)NC1CCC(Nc2cccc3nc(C(F)(F)F)cn23)CC1. The minimum absolute atomic E-state index is 0.0658. The summed E-state index contributed by atoms with van der Waals surface area (Å²) in [7, 11) is 0. The van der Waals surface area contributed by atoms with Crippen LogP contribution in [0.5, 0.6) is 0 Å². The molecule has 4 rings (SSSR count). The van der Waals surface area contributed by atoms with E-state index in [2.05, 4.69) is 20.6 Å². The van der Waals surface area contributed by atoms with Crippen molar-refractivity contribution in [2.45, 2.75) is 50.9 Å². The van der Waals surface area contributed by atoms with Crippen LogP contribution in [-0.4, -0.2) is 32.4 Å². The van der Waals surface area contributed by atoms with E-state index in [1.165, 1.54) is 4.40 Å². The maximum Gasteiger partial charge on any atom is 0.434 e. The molecular weight excluding hydrogens is 395 g/mol. The predicted molar refractivity (Wildman–Crippen MR) is 106 cm³/mol. The second kappa shape index (κ2) is 7.97. The number of nitrogens with zero attached hydrogens (tertiary/aromatic N) is 3. The van der Waals surface area contributed by atoms with E-state index >= 15 is 0 Å². The number of aryl methyl sites for hydroxylation is 1. The van der Waals surface area contributed by atoms with Crippen molar-refractivity contribution in [3.8, 4) is 0 Å². The first-order valence-electron chi connectivity index (χ1n) is 9.85. The van der Waals surface area contributed by atoms with Crippen molar-refractivity contribution in [2.24, 2.45) is 0 Å². The highest BCUT2D eigenvalue weighted by atomic mass is 19.4. The summed E-state index contributed by atoms with van der Waals surface area (Å²) in [5.41, 5.74) is 0.607. The number of rotatable bonds is 4. The maximum atomic E-state index is 13.0. The third-order valence-electron chi connectivity index (χ3n) is 5.45. The van der Waals surface area contributed by atoms with Crippen molar-refractivity contribution in [1.82, 2.24) is 19.7 Å². The third kappa shape index (κ3) is 4.24. The maximum absolute atomic E-state index is 13.0. The fourth-order valence-corrected chi connectivity index (χ4v) is 3.84. The van der Waals surface area contributed by atoms with E-state index in [4.69, 9.17) is 0 Å². The molecule has 0 bridgehead atoms. The number of aromatic nitrogens is 3. The topological polar surface area (TPSA) is 71.3 Å². The van der Waals surface area contributed by atoms with Crippen molar-refractivity contribution in [3.05, 3.63) is 59.7 Å². The Balaban J connectivity index is 1.38. The van der Waals surface area contributed by atoms with Gasteiger partial charge in [0.05, 0.1) is 5.56 Å². The highest BCUT2D eigenvalue weighted by Crippen LogP contribution is 2.30. The van der Waals surface area contributed by atoms with Crippen molar-refractivity contribution in [3.63, 3.8) is 0 Å². The molecule has 0 saturated heterocycles. The molecule has 0 spiro atoms. The van der Waals surface area contributed by atoms with Gasteiger partial charge in [-0.3, -0.25) is 14.2 Å². The molecule has 9 heteroatoms. The average molecular weight is 417 g/mol. The molecule has 1 amide bonds. The van der Waals surface area contributed by atoms with Crippen molar-refractivity contribution in [1.29, 1.82) is 0 Å². The molecule has 1 aliphatic carbocycles. The average Bonchev–Trinajstić information content (AvgIpc) is 3.16. The lowest BCUT2D eigenvalue weighted by atomic mass is 9.91. The molecular formula is C21H22F3N5O. The number of pyridine rings is 2. The van der Waals surface area contributed by atoms with Crippen LogP contribution in [0.2, 0.25) is 0 Å². The van der Waals surface area contributed by atoms with Gasteiger partial charge < -0.3 is 10.6 Å². The highest BCUT2D eigenvalue weighted by Gasteiger charge is 2.34. The van der Waals surface area contributed by atoms with E-state index in [1.54, 1.807) is 43.5 Å². The predicted octanol–water partition coefficient (Wildman–Crippen LogP) is 4.21. The minimum Gasteiger partial charge on any atom is -0.368 e. The van der Waals surface area contributed by atoms with Gasteiger partial charge in [-0.15, -0.1) is 0 Å². The molecule has 3 aromatic heterocycles. The van der Waals surface area contributed by atoms with Crippen LogP contribution in [0, 0.1) is 6.92 Å².